The van der Waals surface area contributed by atoms with Gasteiger partial charge < -0.3 is 15.4 Å². The highest BCUT2D eigenvalue weighted by molar-refractivity contribution is 6.35. The molecular formula is C23H22Cl2N4O2. The fraction of sp³-hybridized carbons (Fsp3) is 0.261. The molecule has 0 saturated carbocycles. The molecule has 0 spiro atoms. The number of Topliss-reactive ketones (excluding diaryl/α,β-unsaturated/α-hetero) is 1. The van der Waals surface area contributed by atoms with E-state index >= 15 is 0 Å². The Morgan fingerprint density at radius 2 is 1.71 bits per heavy atom. The van der Waals surface area contributed by atoms with Crippen molar-refractivity contribution in [3.63, 3.8) is 0 Å². The maximum atomic E-state index is 12.8. The van der Waals surface area contributed by atoms with Crippen LogP contribution >= 0.6 is 23.2 Å². The van der Waals surface area contributed by atoms with Crippen molar-refractivity contribution < 1.29 is 9.53 Å². The number of nitrogens with one attached hydrogen (secondary N) is 2. The number of fused-ring (bicyclic) bond motifs is 1. The molecule has 31 heavy (non-hydrogen) atoms. The molecule has 8 heteroatoms. The number of ether oxygens (including phenoxy) is 1. The van der Waals surface area contributed by atoms with Crippen molar-refractivity contribution in [2.45, 2.75) is 26.7 Å². The number of nitrogens with zero attached hydrogens (tertiary/aromatic N) is 2. The van der Waals surface area contributed by atoms with Crippen LogP contribution in [-0.2, 0) is 6.42 Å². The highest BCUT2D eigenvalue weighted by Gasteiger charge is 2.28. The zero-order valence-corrected chi connectivity index (χ0v) is 18.7. The largest absolute Gasteiger partial charge is 0.494 e. The van der Waals surface area contributed by atoms with Crippen LogP contribution < -0.4 is 15.4 Å². The minimum Gasteiger partial charge on any atom is -0.494 e. The molecule has 3 aromatic rings. The lowest BCUT2D eigenvalue weighted by molar-refractivity contribution is 0.0953. The third kappa shape index (κ3) is 5.09. The number of hydrogen-bond donors (Lipinski definition) is 2. The summed E-state index contributed by atoms with van der Waals surface area (Å²) >= 11 is 12.3. The summed E-state index contributed by atoms with van der Waals surface area (Å²) in [5.41, 5.74) is 2.71. The number of benzene rings is 2. The van der Waals surface area contributed by atoms with Gasteiger partial charge in [0.15, 0.2) is 5.78 Å². The molecule has 1 unspecified atom stereocenters. The molecule has 0 aliphatic heterocycles. The molecular weight excluding hydrogens is 435 g/mol. The lowest BCUT2D eigenvalue weighted by atomic mass is 9.87. The number of aromatic nitrogens is 2. The van der Waals surface area contributed by atoms with Crippen molar-refractivity contribution >= 4 is 52.1 Å². The molecule has 6 nitrogen and oxygen atoms in total. The number of ketones is 1. The number of carbonyl (C=O) groups is 1. The second kappa shape index (κ2) is 9.12. The summed E-state index contributed by atoms with van der Waals surface area (Å²) in [6, 6.07) is 12.7. The number of halogens is 2. The average Bonchev–Trinajstić information content (AvgIpc) is 2.68. The van der Waals surface area contributed by atoms with Gasteiger partial charge in [0.05, 0.1) is 17.9 Å². The zero-order chi connectivity index (χ0) is 22.0. The van der Waals surface area contributed by atoms with Crippen LogP contribution in [-0.4, -0.2) is 22.4 Å². The molecule has 1 atom stereocenters. The summed E-state index contributed by atoms with van der Waals surface area (Å²) in [6.45, 7) is 4.60. The predicted molar refractivity (Wildman–Crippen MR) is 124 cm³/mol. The zero-order valence-electron chi connectivity index (χ0n) is 17.2. The van der Waals surface area contributed by atoms with Gasteiger partial charge in [0, 0.05) is 27.8 Å². The van der Waals surface area contributed by atoms with E-state index in [4.69, 9.17) is 27.9 Å². The Bertz CT molecular complexity index is 1100. The van der Waals surface area contributed by atoms with Crippen LogP contribution in [0.25, 0.3) is 0 Å². The number of carbonyl (C=O) groups excluding carboxylic acids is 1. The molecule has 4 rings (SSSR count). The maximum absolute atomic E-state index is 12.8. The van der Waals surface area contributed by atoms with E-state index in [2.05, 4.69) is 20.6 Å². The van der Waals surface area contributed by atoms with Gasteiger partial charge in [-0.15, -0.1) is 0 Å². The van der Waals surface area contributed by atoms with Crippen LogP contribution in [0.5, 0.6) is 5.75 Å². The Labute approximate surface area is 191 Å². The smallest absolute Gasteiger partial charge is 0.229 e. The van der Waals surface area contributed by atoms with E-state index in [1.807, 2.05) is 38.1 Å². The van der Waals surface area contributed by atoms with E-state index in [0.29, 0.717) is 52.5 Å². The van der Waals surface area contributed by atoms with E-state index in [9.17, 15) is 4.79 Å². The van der Waals surface area contributed by atoms with Crippen LogP contribution in [0.4, 0.5) is 23.1 Å². The summed E-state index contributed by atoms with van der Waals surface area (Å²) in [7, 11) is 0. The van der Waals surface area contributed by atoms with E-state index in [1.165, 1.54) is 0 Å². The molecule has 0 amide bonds. The first-order valence-corrected chi connectivity index (χ1v) is 10.8. The lowest BCUT2D eigenvalue weighted by Gasteiger charge is -2.23. The Balaban J connectivity index is 1.70. The van der Waals surface area contributed by atoms with Gasteiger partial charge in [0.1, 0.15) is 11.6 Å². The summed E-state index contributed by atoms with van der Waals surface area (Å²) in [5.74, 6) is 1.88. The first kappa shape index (κ1) is 21.4. The number of rotatable bonds is 6. The molecule has 1 aromatic heterocycles. The molecule has 2 N–H and O–H groups in total. The summed E-state index contributed by atoms with van der Waals surface area (Å²) in [4.78, 5) is 22.0. The highest BCUT2D eigenvalue weighted by atomic mass is 35.5. The standard InChI is InChI=1S/C23H22Cl2N4O2/c1-3-31-18-6-4-16(5-7-18)27-23-28-19-8-13(2)9-20(30)21(19)22(29-23)26-17-11-14(24)10-15(25)12-17/h4-7,10-13H,3,8-9H2,1-2H3,(H2,26,27,28,29). The second-order valence-electron chi connectivity index (χ2n) is 7.52. The first-order valence-electron chi connectivity index (χ1n) is 10.1. The van der Waals surface area contributed by atoms with Gasteiger partial charge in [-0.2, -0.15) is 4.98 Å². The SMILES string of the molecule is CCOc1ccc(Nc2nc3c(c(Nc4cc(Cl)cc(Cl)c4)n2)C(=O)CC(C)C3)cc1. The molecule has 0 bridgehead atoms. The van der Waals surface area contributed by atoms with Crippen molar-refractivity contribution in [3.8, 4) is 5.75 Å². The van der Waals surface area contributed by atoms with Crippen LogP contribution in [0.1, 0.15) is 36.3 Å². The van der Waals surface area contributed by atoms with Gasteiger partial charge in [0.25, 0.3) is 0 Å². The van der Waals surface area contributed by atoms with Gasteiger partial charge in [-0.1, -0.05) is 30.1 Å². The number of anilines is 4. The van der Waals surface area contributed by atoms with E-state index in [1.54, 1.807) is 18.2 Å². The quantitative estimate of drug-likeness (QED) is 0.444. The molecule has 2 aromatic carbocycles. The first-order chi connectivity index (χ1) is 14.9. The topological polar surface area (TPSA) is 76.1 Å². The molecule has 1 aliphatic carbocycles. The normalized spacial score (nSPS) is 15.4. The summed E-state index contributed by atoms with van der Waals surface area (Å²) in [5, 5.41) is 7.41. The lowest BCUT2D eigenvalue weighted by Crippen LogP contribution is -2.22. The minimum atomic E-state index is 0.0250. The van der Waals surface area contributed by atoms with Gasteiger partial charge in [-0.25, -0.2) is 4.98 Å². The van der Waals surface area contributed by atoms with Gasteiger partial charge >= 0.3 is 0 Å². The average molecular weight is 457 g/mol. The fourth-order valence-electron chi connectivity index (χ4n) is 3.61. The fourth-order valence-corrected chi connectivity index (χ4v) is 4.13. The number of hydrogen-bond acceptors (Lipinski definition) is 6. The predicted octanol–water partition coefficient (Wildman–Crippen LogP) is 6.43. The minimum absolute atomic E-state index is 0.0250. The Hall–Kier alpha value is -2.83. The van der Waals surface area contributed by atoms with Crippen molar-refractivity contribution in [1.29, 1.82) is 0 Å². The van der Waals surface area contributed by atoms with Crippen LogP contribution in [0, 0.1) is 5.92 Å². The van der Waals surface area contributed by atoms with Gasteiger partial charge in [0.2, 0.25) is 5.95 Å². The Kier molecular flexibility index (Phi) is 6.30. The monoisotopic (exact) mass is 456 g/mol. The molecule has 0 radical (unpaired) electrons. The van der Waals surface area contributed by atoms with Crippen LogP contribution in [0.3, 0.4) is 0 Å². The molecule has 160 valence electrons. The molecule has 1 aliphatic rings. The van der Waals surface area contributed by atoms with E-state index < -0.39 is 0 Å². The Morgan fingerprint density at radius 3 is 2.39 bits per heavy atom. The third-order valence-electron chi connectivity index (χ3n) is 4.89. The molecule has 1 heterocycles. The van der Waals surface area contributed by atoms with E-state index in [0.717, 1.165) is 17.1 Å². The second-order valence-corrected chi connectivity index (χ2v) is 8.39. The third-order valence-corrected chi connectivity index (χ3v) is 5.32. The van der Waals surface area contributed by atoms with E-state index in [-0.39, 0.29) is 11.7 Å². The van der Waals surface area contributed by atoms with Crippen molar-refractivity contribution in [2.75, 3.05) is 17.2 Å². The summed E-state index contributed by atoms with van der Waals surface area (Å²) in [6.07, 6.45) is 1.17. The maximum Gasteiger partial charge on any atom is 0.229 e. The summed E-state index contributed by atoms with van der Waals surface area (Å²) < 4.78 is 5.49. The molecule has 0 saturated heterocycles. The van der Waals surface area contributed by atoms with Crippen molar-refractivity contribution in [2.24, 2.45) is 5.92 Å². The van der Waals surface area contributed by atoms with Gasteiger partial charge in [-0.05, 0) is 61.7 Å². The van der Waals surface area contributed by atoms with Crippen molar-refractivity contribution in [1.82, 2.24) is 9.97 Å². The Morgan fingerprint density at radius 1 is 1.00 bits per heavy atom. The van der Waals surface area contributed by atoms with Crippen LogP contribution in [0.2, 0.25) is 10.0 Å². The van der Waals surface area contributed by atoms with Crippen LogP contribution in [0.15, 0.2) is 42.5 Å². The van der Waals surface area contributed by atoms with Gasteiger partial charge in [-0.3, -0.25) is 4.79 Å². The van der Waals surface area contributed by atoms with Crippen molar-refractivity contribution in [3.05, 3.63) is 63.8 Å². The molecule has 0 fully saturated rings. The highest BCUT2D eigenvalue weighted by Crippen LogP contribution is 2.33.